The summed E-state index contributed by atoms with van der Waals surface area (Å²) in [5.41, 5.74) is 4.91. The molecular weight excluding hydrogens is 209 g/mol. The van der Waals surface area contributed by atoms with Crippen LogP contribution in [0.4, 0.5) is 0 Å². The quantitative estimate of drug-likeness (QED) is 0.672. The van der Waals surface area contributed by atoms with Crippen LogP contribution < -0.4 is 5.46 Å². The lowest BCUT2D eigenvalue weighted by Crippen LogP contribution is -2.02. The number of hydrogen-bond donors (Lipinski definition) is 0. The van der Waals surface area contributed by atoms with Gasteiger partial charge in [-0.05, 0) is 13.8 Å². The summed E-state index contributed by atoms with van der Waals surface area (Å²) in [5.74, 6) is 0. The third-order valence-electron chi connectivity index (χ3n) is 2.68. The molecule has 0 fully saturated rings. The van der Waals surface area contributed by atoms with Crippen LogP contribution in [0.2, 0.25) is 0 Å². The molecule has 0 N–H and O–H groups in total. The molecule has 0 aliphatic rings. The van der Waals surface area contributed by atoms with E-state index in [0.29, 0.717) is 11.4 Å². The Hall–Kier alpha value is -2.15. The Morgan fingerprint density at radius 2 is 1.71 bits per heavy atom. The minimum atomic E-state index is 0.395. The summed E-state index contributed by atoms with van der Waals surface area (Å²) in [6, 6.07) is 10.1. The van der Waals surface area contributed by atoms with Crippen LogP contribution in [0.25, 0.3) is 11.3 Å². The van der Waals surface area contributed by atoms with Gasteiger partial charge in [0.15, 0.2) is 5.69 Å². The first-order valence-corrected chi connectivity index (χ1v) is 5.44. The van der Waals surface area contributed by atoms with E-state index in [-0.39, 0.29) is 0 Å². The lowest BCUT2D eigenvalue weighted by atomic mass is 9.94. The van der Waals surface area contributed by atoms with Gasteiger partial charge >= 0.3 is 0 Å². The largest absolute Gasteiger partial charge is 0.253 e. The summed E-state index contributed by atoms with van der Waals surface area (Å²) < 4.78 is 0. The summed E-state index contributed by atoms with van der Waals surface area (Å²) in [6.45, 7) is 3.72. The molecule has 0 saturated carbocycles. The highest BCUT2D eigenvalue weighted by Crippen LogP contribution is 2.20. The Kier molecular flexibility index (Phi) is 2.92. The number of hydrogen-bond acceptors (Lipinski definition) is 3. The fourth-order valence-corrected chi connectivity index (χ4v) is 1.72. The molecule has 0 spiro atoms. The van der Waals surface area contributed by atoms with E-state index in [9.17, 15) is 0 Å². The van der Waals surface area contributed by atoms with Crippen molar-refractivity contribution in [3.05, 3.63) is 41.3 Å². The van der Waals surface area contributed by atoms with E-state index >= 15 is 0 Å². The molecule has 2 rings (SSSR count). The maximum absolute atomic E-state index is 8.97. The van der Waals surface area contributed by atoms with Gasteiger partial charge in [-0.25, -0.2) is 4.98 Å². The Morgan fingerprint density at radius 3 is 2.29 bits per heavy atom. The molecule has 3 nitrogen and oxygen atoms in total. The van der Waals surface area contributed by atoms with Crippen LogP contribution in [0.3, 0.4) is 0 Å². The van der Waals surface area contributed by atoms with Crippen molar-refractivity contribution in [3.8, 4) is 17.3 Å². The summed E-state index contributed by atoms with van der Waals surface area (Å²) in [6.07, 6.45) is 0. The fraction of sp³-hybridized carbons (Fsp3) is 0.154. The van der Waals surface area contributed by atoms with Gasteiger partial charge in [-0.3, -0.25) is 4.98 Å². The van der Waals surface area contributed by atoms with Crippen molar-refractivity contribution in [2.24, 2.45) is 0 Å². The van der Waals surface area contributed by atoms with Crippen molar-refractivity contribution in [1.29, 1.82) is 5.26 Å². The van der Waals surface area contributed by atoms with Gasteiger partial charge in [-0.15, -0.1) is 0 Å². The third kappa shape index (κ3) is 2.18. The number of nitriles is 1. The second-order valence-electron chi connectivity index (χ2n) is 4.07. The van der Waals surface area contributed by atoms with E-state index < -0.39 is 0 Å². The molecule has 0 radical (unpaired) electrons. The Labute approximate surface area is 102 Å². The number of benzene rings is 1. The highest BCUT2D eigenvalue weighted by molar-refractivity contribution is 6.32. The zero-order valence-electron chi connectivity index (χ0n) is 10.2. The lowest BCUT2D eigenvalue weighted by Gasteiger charge is -2.07. The smallest absolute Gasteiger partial charge is 0.162 e. The van der Waals surface area contributed by atoms with Crippen LogP contribution >= 0.6 is 0 Å². The van der Waals surface area contributed by atoms with E-state index in [1.54, 1.807) is 6.92 Å². The zero-order valence-corrected chi connectivity index (χ0v) is 10.2. The number of aryl methyl sites for hydroxylation is 2. The maximum atomic E-state index is 8.97. The number of rotatable bonds is 1. The predicted octanol–water partition coefficient (Wildman–Crippen LogP) is 0.891. The summed E-state index contributed by atoms with van der Waals surface area (Å²) in [7, 11) is 2.04. The molecule has 0 amide bonds. The molecule has 1 heterocycles. The molecule has 2 aromatic rings. The van der Waals surface area contributed by atoms with E-state index in [1.165, 1.54) is 5.46 Å². The summed E-state index contributed by atoms with van der Waals surface area (Å²) >= 11 is 0. The lowest BCUT2D eigenvalue weighted by molar-refractivity contribution is 1.04. The van der Waals surface area contributed by atoms with Gasteiger partial charge in [-0.2, -0.15) is 5.26 Å². The second kappa shape index (κ2) is 4.38. The monoisotopic (exact) mass is 221 g/mol. The van der Waals surface area contributed by atoms with Crippen LogP contribution in [0, 0.1) is 25.2 Å². The van der Waals surface area contributed by atoms with Gasteiger partial charge in [0.05, 0.1) is 17.1 Å². The highest BCUT2D eigenvalue weighted by Gasteiger charge is 2.09. The standard InChI is InChI=1S/C13H12BN3/c1-8-12(7-15)17-13(9(2)16-8)10-3-5-11(14)6-4-10/h3-6H,14H2,1-2H3. The molecular formula is C13H12BN3. The molecule has 0 bridgehead atoms. The van der Waals surface area contributed by atoms with Crippen LogP contribution in [0.1, 0.15) is 17.1 Å². The van der Waals surface area contributed by atoms with Crippen molar-refractivity contribution >= 4 is 13.3 Å². The molecule has 1 aromatic heterocycles. The normalized spacial score (nSPS) is 9.94. The van der Waals surface area contributed by atoms with E-state index in [1.807, 2.05) is 39.0 Å². The van der Waals surface area contributed by atoms with Crippen LogP contribution in [-0.4, -0.2) is 17.8 Å². The molecule has 17 heavy (non-hydrogen) atoms. The van der Waals surface area contributed by atoms with Crippen LogP contribution in [0.5, 0.6) is 0 Å². The van der Waals surface area contributed by atoms with Crippen molar-refractivity contribution < 1.29 is 0 Å². The molecule has 0 saturated heterocycles. The van der Waals surface area contributed by atoms with Crippen molar-refractivity contribution in [3.63, 3.8) is 0 Å². The maximum Gasteiger partial charge on any atom is 0.162 e. The number of aromatic nitrogens is 2. The van der Waals surface area contributed by atoms with Crippen molar-refractivity contribution in [1.82, 2.24) is 9.97 Å². The first kappa shape index (κ1) is 11.3. The second-order valence-corrected chi connectivity index (χ2v) is 4.07. The topological polar surface area (TPSA) is 49.6 Å². The number of nitrogens with zero attached hydrogens (tertiary/aromatic N) is 3. The van der Waals surface area contributed by atoms with Crippen LogP contribution in [0.15, 0.2) is 24.3 Å². The van der Waals surface area contributed by atoms with Gasteiger partial charge < -0.3 is 0 Å². The van der Waals surface area contributed by atoms with E-state index in [4.69, 9.17) is 5.26 Å². The minimum Gasteiger partial charge on any atom is -0.253 e. The molecule has 0 unspecified atom stereocenters. The highest BCUT2D eigenvalue weighted by atomic mass is 14.8. The van der Waals surface area contributed by atoms with Gasteiger partial charge in [0, 0.05) is 5.56 Å². The minimum absolute atomic E-state index is 0.395. The van der Waals surface area contributed by atoms with Crippen LogP contribution in [-0.2, 0) is 0 Å². The van der Waals surface area contributed by atoms with Gasteiger partial charge in [-0.1, -0.05) is 29.7 Å². The van der Waals surface area contributed by atoms with E-state index in [0.717, 1.165) is 17.0 Å². The van der Waals surface area contributed by atoms with Crippen molar-refractivity contribution in [2.75, 3.05) is 0 Å². The summed E-state index contributed by atoms with van der Waals surface area (Å²) in [5, 5.41) is 8.97. The molecule has 0 aliphatic heterocycles. The SMILES string of the molecule is Bc1ccc(-c2nc(C#N)c(C)nc2C)cc1. The molecule has 1 aromatic carbocycles. The Balaban J connectivity index is 2.60. The molecule has 4 heteroatoms. The Morgan fingerprint density at radius 1 is 1.06 bits per heavy atom. The average Bonchev–Trinajstić information content (AvgIpc) is 2.31. The van der Waals surface area contributed by atoms with E-state index in [2.05, 4.69) is 16.0 Å². The summed E-state index contributed by atoms with van der Waals surface area (Å²) in [4.78, 5) is 8.72. The molecule has 0 aliphatic carbocycles. The zero-order chi connectivity index (χ0) is 12.4. The van der Waals surface area contributed by atoms with Gasteiger partial charge in [0.2, 0.25) is 0 Å². The fourth-order valence-electron chi connectivity index (χ4n) is 1.72. The van der Waals surface area contributed by atoms with Crippen molar-refractivity contribution in [2.45, 2.75) is 13.8 Å². The van der Waals surface area contributed by atoms with Gasteiger partial charge in [0.1, 0.15) is 13.9 Å². The average molecular weight is 221 g/mol. The first-order valence-electron chi connectivity index (χ1n) is 5.44. The predicted molar refractivity (Wildman–Crippen MR) is 69.8 cm³/mol. The Bertz CT molecular complexity index is 597. The first-order chi connectivity index (χ1) is 8.11. The molecule has 0 atom stereocenters. The molecule has 82 valence electrons. The third-order valence-corrected chi connectivity index (χ3v) is 2.68. The van der Waals surface area contributed by atoms with Gasteiger partial charge in [0.25, 0.3) is 0 Å².